The van der Waals surface area contributed by atoms with Crippen LogP contribution in [0, 0.1) is 0 Å². The molecule has 0 saturated heterocycles. The first-order valence-electron chi connectivity index (χ1n) is 13.4. The van der Waals surface area contributed by atoms with Gasteiger partial charge >= 0.3 is 0 Å². The lowest BCUT2D eigenvalue weighted by atomic mass is 9.85. The number of para-hydroxylation sites is 1. The minimum atomic E-state index is 0.0882. The third-order valence-corrected chi connectivity index (χ3v) is 8.94. The van der Waals surface area contributed by atoms with Gasteiger partial charge in [-0.1, -0.05) is 83.6 Å². The van der Waals surface area contributed by atoms with E-state index in [0.29, 0.717) is 0 Å². The number of nitrogens with zero attached hydrogens (tertiary/aromatic N) is 3. The van der Waals surface area contributed by atoms with Crippen molar-refractivity contribution in [2.24, 2.45) is 0 Å². The quantitative estimate of drug-likeness (QED) is 0.218. The number of hydrogen-bond donors (Lipinski definition) is 0. The van der Waals surface area contributed by atoms with Gasteiger partial charge in [-0.15, -0.1) is 0 Å². The minimum Gasteiger partial charge on any atom is -0.309 e. The topological polar surface area (TPSA) is 22.8 Å². The van der Waals surface area contributed by atoms with Gasteiger partial charge in [0.1, 0.15) is 0 Å². The van der Waals surface area contributed by atoms with Gasteiger partial charge in [-0.25, -0.2) is 4.98 Å². The van der Waals surface area contributed by atoms with Crippen LogP contribution >= 0.6 is 11.8 Å². The van der Waals surface area contributed by atoms with Crippen LogP contribution in [0.2, 0.25) is 0 Å². The summed E-state index contributed by atoms with van der Waals surface area (Å²) in [6.45, 7) is 13.8. The third-order valence-electron chi connectivity index (χ3n) is 7.95. The highest BCUT2D eigenvalue weighted by Gasteiger charge is 2.23. The normalized spacial score (nSPS) is 13.8. The molecule has 0 radical (unpaired) electrons. The molecular weight excluding hydrogens is 482 g/mol. The molecule has 1 aliphatic rings. The van der Waals surface area contributed by atoms with Crippen LogP contribution in [0.1, 0.15) is 58.2 Å². The van der Waals surface area contributed by atoms with Gasteiger partial charge in [-0.2, -0.15) is 0 Å². The predicted molar refractivity (Wildman–Crippen MR) is 162 cm³/mol. The molecular formula is C34H33N3S. The molecule has 2 aromatic heterocycles. The maximum Gasteiger partial charge on any atom is 0.174 e. The first-order valence-corrected chi connectivity index (χ1v) is 14.4. The Hall–Kier alpha value is -3.50. The summed E-state index contributed by atoms with van der Waals surface area (Å²) in [6.07, 6.45) is 0. The molecule has 1 aliphatic heterocycles. The lowest BCUT2D eigenvalue weighted by molar-refractivity contribution is 0.590. The van der Waals surface area contributed by atoms with Crippen molar-refractivity contribution in [1.82, 2.24) is 14.1 Å². The van der Waals surface area contributed by atoms with E-state index in [9.17, 15) is 0 Å². The zero-order valence-corrected chi connectivity index (χ0v) is 23.8. The summed E-state index contributed by atoms with van der Waals surface area (Å²) >= 11 is 1.82. The van der Waals surface area contributed by atoms with Gasteiger partial charge in [0.2, 0.25) is 0 Å². The number of rotatable bonds is 1. The second kappa shape index (κ2) is 8.00. The van der Waals surface area contributed by atoms with Crippen LogP contribution in [0.5, 0.6) is 0 Å². The third kappa shape index (κ3) is 3.54. The Labute approximate surface area is 228 Å². The number of thioether (sulfide) groups is 1. The van der Waals surface area contributed by atoms with Crippen molar-refractivity contribution in [3.05, 3.63) is 95.6 Å². The van der Waals surface area contributed by atoms with Gasteiger partial charge in [-0.05, 0) is 76.1 Å². The summed E-state index contributed by atoms with van der Waals surface area (Å²) in [5.41, 5.74) is 11.3. The number of benzene rings is 4. The molecule has 3 nitrogen and oxygen atoms in total. The lowest BCUT2D eigenvalue weighted by Crippen LogP contribution is -2.10. The van der Waals surface area contributed by atoms with Gasteiger partial charge in [0.05, 0.1) is 27.8 Å². The molecule has 38 heavy (non-hydrogen) atoms. The van der Waals surface area contributed by atoms with Crippen LogP contribution in [-0.4, -0.2) is 14.1 Å². The smallest absolute Gasteiger partial charge is 0.174 e. The summed E-state index contributed by atoms with van der Waals surface area (Å²) in [7, 11) is 0. The van der Waals surface area contributed by atoms with Crippen molar-refractivity contribution < 1.29 is 0 Å². The van der Waals surface area contributed by atoms with Crippen molar-refractivity contribution in [2.45, 2.75) is 63.3 Å². The molecule has 190 valence electrons. The van der Waals surface area contributed by atoms with Crippen molar-refractivity contribution in [2.75, 3.05) is 0 Å². The Bertz CT molecular complexity index is 1820. The van der Waals surface area contributed by atoms with E-state index in [1.54, 1.807) is 0 Å². The van der Waals surface area contributed by atoms with Gasteiger partial charge in [-0.3, -0.25) is 4.57 Å². The zero-order valence-electron chi connectivity index (χ0n) is 23.0. The molecule has 0 bridgehead atoms. The summed E-state index contributed by atoms with van der Waals surface area (Å²) in [5.74, 6) is 0.964. The Morgan fingerprint density at radius 3 is 1.92 bits per heavy atom. The van der Waals surface area contributed by atoms with E-state index in [1.165, 1.54) is 49.9 Å². The van der Waals surface area contributed by atoms with Crippen molar-refractivity contribution in [3.8, 4) is 11.4 Å². The van der Waals surface area contributed by atoms with Crippen molar-refractivity contribution >= 4 is 44.6 Å². The molecule has 3 heterocycles. The fourth-order valence-electron chi connectivity index (χ4n) is 5.74. The summed E-state index contributed by atoms with van der Waals surface area (Å²) < 4.78 is 4.77. The van der Waals surface area contributed by atoms with Crippen molar-refractivity contribution in [1.29, 1.82) is 0 Å². The largest absolute Gasteiger partial charge is 0.309 e. The first kappa shape index (κ1) is 23.6. The molecule has 6 aromatic rings. The van der Waals surface area contributed by atoms with Gasteiger partial charge < -0.3 is 4.57 Å². The van der Waals surface area contributed by atoms with Gasteiger partial charge in [0, 0.05) is 22.2 Å². The summed E-state index contributed by atoms with van der Waals surface area (Å²) in [6, 6.07) is 29.5. The number of hydrogen-bond acceptors (Lipinski definition) is 2. The number of aromatic nitrogens is 3. The monoisotopic (exact) mass is 515 g/mol. The maximum absolute atomic E-state index is 4.99. The highest BCUT2D eigenvalue weighted by Crippen LogP contribution is 2.40. The first-order chi connectivity index (χ1) is 18.1. The van der Waals surface area contributed by atoms with Crippen LogP contribution < -0.4 is 0 Å². The fraction of sp³-hybridized carbons (Fsp3) is 0.265. The molecule has 0 fully saturated rings. The Morgan fingerprint density at radius 2 is 1.29 bits per heavy atom. The fourth-order valence-corrected chi connectivity index (χ4v) is 6.76. The molecule has 0 saturated carbocycles. The second-order valence-electron chi connectivity index (χ2n) is 12.6. The van der Waals surface area contributed by atoms with E-state index in [0.717, 1.165) is 21.9 Å². The Balaban J connectivity index is 1.53. The van der Waals surface area contributed by atoms with Crippen LogP contribution in [-0.2, 0) is 16.6 Å². The molecule has 0 N–H and O–H groups in total. The minimum absolute atomic E-state index is 0.0882. The summed E-state index contributed by atoms with van der Waals surface area (Å²) in [4.78, 5) is 4.99. The van der Waals surface area contributed by atoms with Crippen molar-refractivity contribution in [3.63, 3.8) is 0 Å². The molecule has 0 aliphatic carbocycles. The van der Waals surface area contributed by atoms with E-state index >= 15 is 0 Å². The molecule has 0 unspecified atom stereocenters. The highest BCUT2D eigenvalue weighted by molar-refractivity contribution is 7.98. The van der Waals surface area contributed by atoms with Crippen LogP contribution in [0.25, 0.3) is 44.2 Å². The average molecular weight is 516 g/mol. The van der Waals surface area contributed by atoms with E-state index in [1.807, 2.05) is 11.8 Å². The second-order valence-corrected chi connectivity index (χ2v) is 13.6. The van der Waals surface area contributed by atoms with Gasteiger partial charge in [0.25, 0.3) is 0 Å². The summed E-state index contributed by atoms with van der Waals surface area (Å²) in [5, 5.41) is 3.70. The van der Waals surface area contributed by atoms with E-state index in [-0.39, 0.29) is 10.8 Å². The molecule has 0 amide bonds. The zero-order chi connectivity index (χ0) is 26.4. The van der Waals surface area contributed by atoms with Crippen LogP contribution in [0.15, 0.2) is 84.0 Å². The molecule has 0 atom stereocenters. The maximum atomic E-state index is 4.99. The number of imidazole rings is 1. The lowest BCUT2D eigenvalue weighted by Gasteiger charge is -2.19. The molecule has 4 heteroatoms. The predicted octanol–water partition coefficient (Wildman–Crippen LogP) is 9.32. The van der Waals surface area contributed by atoms with E-state index in [2.05, 4.69) is 130 Å². The molecule has 0 spiro atoms. The van der Waals surface area contributed by atoms with Gasteiger partial charge in [0.15, 0.2) is 5.16 Å². The molecule has 7 rings (SSSR count). The van der Waals surface area contributed by atoms with E-state index in [4.69, 9.17) is 4.98 Å². The average Bonchev–Trinajstić information content (AvgIpc) is 3.42. The SMILES string of the molecule is CC(C)(C)c1ccc2c(c1)c1cc(C(C)(C)C)ccc1n2-c1ccc2nc3n(c2c1)-c1ccccc1CS3. The van der Waals surface area contributed by atoms with Crippen LogP contribution in [0.4, 0.5) is 0 Å². The van der Waals surface area contributed by atoms with E-state index < -0.39 is 0 Å². The number of fused-ring (bicyclic) bond motifs is 8. The Morgan fingerprint density at radius 1 is 0.658 bits per heavy atom. The van der Waals surface area contributed by atoms with Crippen LogP contribution in [0.3, 0.4) is 0 Å². The molecule has 4 aromatic carbocycles. The standard InChI is InChI=1S/C34H33N3S/c1-33(2,3)22-11-15-29-25(17-22)26-18-23(34(4,5)6)12-16-30(26)36(29)24-13-14-27-31(19-24)37-28-10-8-7-9-21(28)20-38-32(37)35-27/h7-19H,20H2,1-6H3. The Kier molecular flexibility index (Phi) is 4.97. The highest BCUT2D eigenvalue weighted by atomic mass is 32.2.